The molecule has 0 aliphatic carbocycles. The van der Waals surface area contributed by atoms with Crippen molar-refractivity contribution in [1.82, 2.24) is 10.6 Å². The SMILES string of the molecule is CCc1ccc(C(=O)C(C)NCCCNC(C)=O)cc1. The maximum Gasteiger partial charge on any atom is 0.216 e. The van der Waals surface area contributed by atoms with Crippen molar-refractivity contribution in [2.24, 2.45) is 0 Å². The Morgan fingerprint density at radius 2 is 1.80 bits per heavy atom. The summed E-state index contributed by atoms with van der Waals surface area (Å²) >= 11 is 0. The Kier molecular flexibility index (Phi) is 6.94. The van der Waals surface area contributed by atoms with Crippen molar-refractivity contribution in [2.75, 3.05) is 13.1 Å². The summed E-state index contributed by atoms with van der Waals surface area (Å²) in [5.74, 6) is 0.0809. The van der Waals surface area contributed by atoms with Gasteiger partial charge < -0.3 is 10.6 Å². The lowest BCUT2D eigenvalue weighted by atomic mass is 10.0. The first-order valence-corrected chi connectivity index (χ1v) is 7.15. The van der Waals surface area contributed by atoms with Gasteiger partial charge in [0, 0.05) is 19.0 Å². The minimum atomic E-state index is -0.209. The number of aryl methyl sites for hydroxylation is 1. The monoisotopic (exact) mass is 276 g/mol. The molecular weight excluding hydrogens is 252 g/mol. The van der Waals surface area contributed by atoms with E-state index in [2.05, 4.69) is 17.6 Å². The van der Waals surface area contributed by atoms with E-state index in [-0.39, 0.29) is 17.7 Å². The molecule has 2 N–H and O–H groups in total. The maximum absolute atomic E-state index is 12.2. The van der Waals surface area contributed by atoms with Gasteiger partial charge in [0.1, 0.15) is 0 Å². The molecule has 0 saturated heterocycles. The van der Waals surface area contributed by atoms with E-state index in [1.807, 2.05) is 31.2 Å². The molecule has 20 heavy (non-hydrogen) atoms. The zero-order valence-corrected chi connectivity index (χ0v) is 12.5. The third-order valence-corrected chi connectivity index (χ3v) is 3.22. The van der Waals surface area contributed by atoms with Crippen molar-refractivity contribution in [1.29, 1.82) is 0 Å². The molecule has 4 heteroatoms. The second-order valence-corrected chi connectivity index (χ2v) is 4.93. The number of rotatable bonds is 8. The Morgan fingerprint density at radius 1 is 1.15 bits per heavy atom. The minimum absolute atomic E-state index is 0.0230. The number of Topliss-reactive ketones (excluding diaryl/α,β-unsaturated/α-hetero) is 1. The van der Waals surface area contributed by atoms with Crippen LogP contribution >= 0.6 is 0 Å². The molecule has 1 rings (SSSR count). The van der Waals surface area contributed by atoms with Crippen LogP contribution < -0.4 is 10.6 Å². The summed E-state index contributed by atoms with van der Waals surface area (Å²) in [6, 6.07) is 7.56. The number of carbonyl (C=O) groups is 2. The third kappa shape index (κ3) is 5.53. The number of ketones is 1. The Hall–Kier alpha value is -1.68. The van der Waals surface area contributed by atoms with Crippen molar-refractivity contribution >= 4 is 11.7 Å². The lowest BCUT2D eigenvalue weighted by molar-refractivity contribution is -0.118. The number of carbonyl (C=O) groups excluding carboxylic acids is 2. The highest BCUT2D eigenvalue weighted by Crippen LogP contribution is 2.07. The average molecular weight is 276 g/mol. The molecule has 1 atom stereocenters. The molecule has 0 aliphatic rings. The summed E-state index contributed by atoms with van der Waals surface area (Å²) in [6.45, 7) is 6.80. The van der Waals surface area contributed by atoms with Crippen molar-refractivity contribution in [3.8, 4) is 0 Å². The van der Waals surface area contributed by atoms with Crippen molar-refractivity contribution in [2.45, 2.75) is 39.7 Å². The van der Waals surface area contributed by atoms with Gasteiger partial charge in [-0.2, -0.15) is 0 Å². The average Bonchev–Trinajstić information content (AvgIpc) is 2.45. The predicted octanol–water partition coefficient (Wildman–Crippen LogP) is 1.94. The Balaban J connectivity index is 2.36. The van der Waals surface area contributed by atoms with E-state index >= 15 is 0 Å². The van der Waals surface area contributed by atoms with Gasteiger partial charge in [0.05, 0.1) is 6.04 Å². The van der Waals surface area contributed by atoms with Crippen LogP contribution in [0.5, 0.6) is 0 Å². The fourth-order valence-corrected chi connectivity index (χ4v) is 1.92. The highest BCUT2D eigenvalue weighted by Gasteiger charge is 2.13. The largest absolute Gasteiger partial charge is 0.356 e. The maximum atomic E-state index is 12.2. The zero-order chi connectivity index (χ0) is 15.0. The number of amides is 1. The van der Waals surface area contributed by atoms with E-state index in [0.717, 1.165) is 18.4 Å². The van der Waals surface area contributed by atoms with Crippen LogP contribution in [0, 0.1) is 0 Å². The molecule has 0 saturated carbocycles. The van der Waals surface area contributed by atoms with Gasteiger partial charge in [-0.1, -0.05) is 31.2 Å². The smallest absolute Gasteiger partial charge is 0.216 e. The molecule has 1 unspecified atom stereocenters. The summed E-state index contributed by atoms with van der Waals surface area (Å²) in [4.78, 5) is 22.9. The summed E-state index contributed by atoms with van der Waals surface area (Å²) in [6.07, 6.45) is 1.79. The molecule has 1 amide bonds. The lowest BCUT2D eigenvalue weighted by Gasteiger charge is -2.13. The molecule has 1 aromatic carbocycles. The lowest BCUT2D eigenvalue weighted by Crippen LogP contribution is -2.36. The number of hydrogen-bond donors (Lipinski definition) is 2. The number of nitrogens with one attached hydrogen (secondary N) is 2. The summed E-state index contributed by atoms with van der Waals surface area (Å²) in [5, 5.41) is 5.91. The van der Waals surface area contributed by atoms with Crippen LogP contribution in [0.1, 0.15) is 43.1 Å². The van der Waals surface area contributed by atoms with E-state index < -0.39 is 0 Å². The van der Waals surface area contributed by atoms with Crippen LogP contribution in [-0.2, 0) is 11.2 Å². The van der Waals surface area contributed by atoms with Crippen molar-refractivity contribution in [3.05, 3.63) is 35.4 Å². The Bertz CT molecular complexity index is 440. The third-order valence-electron chi connectivity index (χ3n) is 3.22. The second kappa shape index (κ2) is 8.48. The van der Waals surface area contributed by atoms with Gasteiger partial charge >= 0.3 is 0 Å². The fourth-order valence-electron chi connectivity index (χ4n) is 1.92. The van der Waals surface area contributed by atoms with Gasteiger partial charge in [-0.15, -0.1) is 0 Å². The van der Waals surface area contributed by atoms with Crippen LogP contribution in [0.15, 0.2) is 24.3 Å². The highest BCUT2D eigenvalue weighted by molar-refractivity contribution is 5.99. The standard InChI is InChI=1S/C16H24N2O2/c1-4-14-6-8-15(9-7-14)16(20)12(2)17-10-5-11-18-13(3)19/h6-9,12,17H,4-5,10-11H2,1-3H3,(H,18,19). The van der Waals surface area contributed by atoms with E-state index in [1.165, 1.54) is 12.5 Å². The normalized spacial score (nSPS) is 11.9. The molecule has 0 aromatic heterocycles. The molecule has 0 fully saturated rings. The van der Waals surface area contributed by atoms with Crippen LogP contribution in [0.25, 0.3) is 0 Å². The number of hydrogen-bond acceptors (Lipinski definition) is 3. The minimum Gasteiger partial charge on any atom is -0.356 e. The predicted molar refractivity (Wildman–Crippen MR) is 80.9 cm³/mol. The van der Waals surface area contributed by atoms with Crippen LogP contribution in [0.2, 0.25) is 0 Å². The van der Waals surface area contributed by atoms with E-state index in [4.69, 9.17) is 0 Å². The first kappa shape index (κ1) is 16.4. The Morgan fingerprint density at radius 3 is 2.35 bits per heavy atom. The molecular formula is C16H24N2O2. The van der Waals surface area contributed by atoms with E-state index in [0.29, 0.717) is 13.1 Å². The molecule has 0 aliphatic heterocycles. The highest BCUT2D eigenvalue weighted by atomic mass is 16.1. The first-order chi connectivity index (χ1) is 9.54. The topological polar surface area (TPSA) is 58.2 Å². The zero-order valence-electron chi connectivity index (χ0n) is 12.5. The van der Waals surface area contributed by atoms with Gasteiger partial charge in [-0.25, -0.2) is 0 Å². The molecule has 0 radical (unpaired) electrons. The Labute approximate surface area is 121 Å². The fraction of sp³-hybridized carbons (Fsp3) is 0.500. The summed E-state index contributed by atoms with van der Waals surface area (Å²) in [5.41, 5.74) is 1.97. The van der Waals surface area contributed by atoms with Gasteiger partial charge in [-0.05, 0) is 31.9 Å². The molecule has 4 nitrogen and oxygen atoms in total. The molecule has 0 heterocycles. The van der Waals surface area contributed by atoms with Crippen LogP contribution in [-0.4, -0.2) is 30.8 Å². The summed E-state index contributed by atoms with van der Waals surface area (Å²) in [7, 11) is 0. The van der Waals surface area contributed by atoms with Crippen molar-refractivity contribution in [3.63, 3.8) is 0 Å². The van der Waals surface area contributed by atoms with Gasteiger partial charge in [0.2, 0.25) is 5.91 Å². The van der Waals surface area contributed by atoms with Crippen LogP contribution in [0.3, 0.4) is 0 Å². The molecule has 110 valence electrons. The van der Waals surface area contributed by atoms with Gasteiger partial charge in [0.25, 0.3) is 0 Å². The van der Waals surface area contributed by atoms with E-state index in [1.54, 1.807) is 0 Å². The first-order valence-electron chi connectivity index (χ1n) is 7.15. The quantitative estimate of drug-likeness (QED) is 0.563. The molecule has 1 aromatic rings. The van der Waals surface area contributed by atoms with Gasteiger partial charge in [-0.3, -0.25) is 9.59 Å². The molecule has 0 bridgehead atoms. The summed E-state index contributed by atoms with van der Waals surface area (Å²) < 4.78 is 0. The second-order valence-electron chi connectivity index (χ2n) is 4.93. The van der Waals surface area contributed by atoms with Crippen LogP contribution in [0.4, 0.5) is 0 Å². The van der Waals surface area contributed by atoms with Crippen molar-refractivity contribution < 1.29 is 9.59 Å². The van der Waals surface area contributed by atoms with Gasteiger partial charge in [0.15, 0.2) is 5.78 Å². The molecule has 0 spiro atoms. The van der Waals surface area contributed by atoms with E-state index in [9.17, 15) is 9.59 Å². The number of benzene rings is 1.